The largest absolute Gasteiger partial charge is 0.363 e. The first-order chi connectivity index (χ1) is 6.15. The van der Waals surface area contributed by atoms with E-state index >= 15 is 0 Å². The fourth-order valence-electron chi connectivity index (χ4n) is 0.895. The van der Waals surface area contributed by atoms with Crippen molar-refractivity contribution in [3.63, 3.8) is 0 Å². The van der Waals surface area contributed by atoms with E-state index in [1.54, 1.807) is 0 Å². The van der Waals surface area contributed by atoms with Crippen LogP contribution in [-0.2, 0) is 14.4 Å². The lowest BCUT2D eigenvalue weighted by atomic mass is 10.4. The number of Topliss-reactive ketones (excluding diaryl/α,β-unsaturated/α-hetero) is 1. The van der Waals surface area contributed by atoms with Crippen molar-refractivity contribution in [3.8, 4) is 0 Å². The second-order valence-corrected chi connectivity index (χ2v) is 4.61. The van der Waals surface area contributed by atoms with Crippen LogP contribution in [0.2, 0.25) is 0 Å². The van der Waals surface area contributed by atoms with Gasteiger partial charge in [0.15, 0.2) is 0 Å². The summed E-state index contributed by atoms with van der Waals surface area (Å²) in [6.07, 6.45) is 2.57. The minimum atomic E-state index is -0.979. The van der Waals surface area contributed by atoms with Crippen LogP contribution in [0.15, 0.2) is 0 Å². The lowest BCUT2D eigenvalue weighted by molar-refractivity contribution is -0.136. The van der Waals surface area contributed by atoms with Gasteiger partial charge in [0.1, 0.15) is 5.78 Å². The van der Waals surface area contributed by atoms with Crippen LogP contribution in [0.4, 0.5) is 0 Å². The number of nitrogens with two attached hydrogens (primary N) is 1. The van der Waals surface area contributed by atoms with E-state index in [2.05, 4.69) is 5.32 Å². The highest BCUT2D eigenvalue weighted by Gasteiger charge is 2.30. The molecule has 3 N–H and O–H groups in total. The lowest BCUT2D eigenvalue weighted by Gasteiger charge is -2.11. The Labute approximate surface area is 77.2 Å². The molecule has 0 bridgehead atoms. The Hall–Kier alpha value is -0.960. The van der Waals surface area contributed by atoms with Gasteiger partial charge in [-0.2, -0.15) is 0 Å². The number of nitrogens with one attached hydrogen (secondary N) is 1. The first kappa shape index (κ1) is 10.1. The van der Waals surface area contributed by atoms with Gasteiger partial charge in [0, 0.05) is 0 Å². The van der Waals surface area contributed by atoms with Gasteiger partial charge in [-0.05, 0) is 18.5 Å². The molecule has 1 aliphatic rings. The molecule has 0 heterocycles. The molecule has 5 nitrogen and oxygen atoms in total. The number of carbonyl (C=O) groups is 3. The van der Waals surface area contributed by atoms with Crippen LogP contribution in [0.1, 0.15) is 12.8 Å². The molecule has 0 spiro atoms. The first-order valence-corrected chi connectivity index (χ1v) is 5.10. The highest BCUT2D eigenvalue weighted by molar-refractivity contribution is 7.41. The highest BCUT2D eigenvalue weighted by atomic mass is 31.1. The van der Waals surface area contributed by atoms with E-state index in [1.807, 2.05) is 0 Å². The molecule has 0 saturated heterocycles. The maximum absolute atomic E-state index is 11.1. The summed E-state index contributed by atoms with van der Waals surface area (Å²) in [4.78, 5) is 31.8. The van der Waals surface area contributed by atoms with Gasteiger partial charge in [-0.3, -0.25) is 14.4 Å². The van der Waals surface area contributed by atoms with Crippen LogP contribution >= 0.6 is 8.58 Å². The van der Waals surface area contributed by atoms with E-state index in [4.69, 9.17) is 5.73 Å². The third kappa shape index (κ3) is 3.11. The minimum Gasteiger partial charge on any atom is -0.363 e. The molecule has 2 atom stereocenters. The molecule has 0 radical (unpaired) electrons. The second kappa shape index (κ2) is 4.33. The standard InChI is InChI=1S/C7H11N2O3P/c8-6(12)5(11)7(9-3-10)13-4-1-2-4/h3-4,7,13H,1-2H2,(H2,8,12)(H,9,10). The number of rotatable bonds is 6. The molecule has 1 rings (SSSR count). The Kier molecular flexibility index (Phi) is 3.37. The molecule has 1 aliphatic carbocycles. The third-order valence-corrected chi connectivity index (χ3v) is 3.53. The normalized spacial score (nSPS) is 18.5. The van der Waals surface area contributed by atoms with Crippen LogP contribution in [0, 0.1) is 0 Å². The van der Waals surface area contributed by atoms with Gasteiger partial charge in [-0.15, -0.1) is 0 Å². The molecule has 1 saturated carbocycles. The quantitative estimate of drug-likeness (QED) is 0.327. The average Bonchev–Trinajstić information content (AvgIpc) is 2.86. The van der Waals surface area contributed by atoms with E-state index in [0.717, 1.165) is 12.8 Å². The highest BCUT2D eigenvalue weighted by Crippen LogP contribution is 2.41. The third-order valence-electron chi connectivity index (χ3n) is 1.72. The molecular formula is C7H11N2O3P. The lowest BCUT2D eigenvalue weighted by Crippen LogP contribution is -2.40. The zero-order chi connectivity index (χ0) is 9.84. The number of carbonyl (C=O) groups excluding carboxylic acids is 3. The smallest absolute Gasteiger partial charge is 0.287 e. The number of hydrogen-bond donors (Lipinski definition) is 2. The summed E-state index contributed by atoms with van der Waals surface area (Å²) in [6, 6.07) is 0. The molecule has 2 unspecified atom stereocenters. The Morgan fingerprint density at radius 2 is 2.15 bits per heavy atom. The van der Waals surface area contributed by atoms with Crippen molar-refractivity contribution in [2.75, 3.05) is 0 Å². The molecule has 0 aromatic rings. The van der Waals surface area contributed by atoms with Crippen LogP contribution in [0.25, 0.3) is 0 Å². The zero-order valence-electron chi connectivity index (χ0n) is 6.95. The van der Waals surface area contributed by atoms with Crippen molar-refractivity contribution in [1.82, 2.24) is 5.32 Å². The Balaban J connectivity index is 2.48. The maximum atomic E-state index is 11.1. The first-order valence-electron chi connectivity index (χ1n) is 3.94. The maximum Gasteiger partial charge on any atom is 0.287 e. The molecule has 1 fully saturated rings. The summed E-state index contributed by atoms with van der Waals surface area (Å²) in [5, 5.41) is 2.32. The van der Waals surface area contributed by atoms with Gasteiger partial charge in [-0.1, -0.05) is 8.58 Å². The van der Waals surface area contributed by atoms with E-state index in [1.165, 1.54) is 0 Å². The molecule has 0 aromatic heterocycles. The van der Waals surface area contributed by atoms with Gasteiger partial charge in [0.25, 0.3) is 5.91 Å². The Morgan fingerprint density at radius 3 is 2.54 bits per heavy atom. The summed E-state index contributed by atoms with van der Waals surface area (Å²) >= 11 is 0. The summed E-state index contributed by atoms with van der Waals surface area (Å²) in [5.41, 5.74) is 5.31. The summed E-state index contributed by atoms with van der Waals surface area (Å²) in [6.45, 7) is 0. The number of ketones is 1. The summed E-state index contributed by atoms with van der Waals surface area (Å²) < 4.78 is 0. The number of hydrogen-bond acceptors (Lipinski definition) is 3. The minimum absolute atomic E-state index is 0.278. The zero-order valence-corrected chi connectivity index (χ0v) is 7.95. The van der Waals surface area contributed by atoms with Crippen molar-refractivity contribution in [2.45, 2.75) is 24.3 Å². The van der Waals surface area contributed by atoms with Crippen molar-refractivity contribution in [1.29, 1.82) is 0 Å². The Morgan fingerprint density at radius 1 is 1.54 bits per heavy atom. The summed E-state index contributed by atoms with van der Waals surface area (Å²) in [5.74, 6) is -2.37. The van der Waals surface area contributed by atoms with Crippen LogP contribution < -0.4 is 11.1 Å². The fourth-order valence-corrected chi connectivity index (χ4v) is 2.32. The van der Waals surface area contributed by atoms with Crippen LogP contribution in [0.5, 0.6) is 0 Å². The van der Waals surface area contributed by atoms with Gasteiger partial charge in [0.05, 0.1) is 0 Å². The number of amides is 2. The van der Waals surface area contributed by atoms with E-state index in [-0.39, 0.29) is 8.58 Å². The number of primary amides is 1. The van der Waals surface area contributed by atoms with Gasteiger partial charge >= 0.3 is 0 Å². The molecule has 2 amide bonds. The van der Waals surface area contributed by atoms with Crippen molar-refractivity contribution in [3.05, 3.63) is 0 Å². The molecular weight excluding hydrogens is 191 g/mol. The van der Waals surface area contributed by atoms with Crippen molar-refractivity contribution in [2.24, 2.45) is 5.73 Å². The van der Waals surface area contributed by atoms with Gasteiger partial charge < -0.3 is 11.1 Å². The second-order valence-electron chi connectivity index (χ2n) is 2.89. The molecule has 72 valence electrons. The predicted octanol–water partition coefficient (Wildman–Crippen LogP) is -1.05. The monoisotopic (exact) mass is 202 g/mol. The van der Waals surface area contributed by atoms with Gasteiger partial charge in [0.2, 0.25) is 12.2 Å². The van der Waals surface area contributed by atoms with Crippen molar-refractivity contribution < 1.29 is 14.4 Å². The topological polar surface area (TPSA) is 89.3 Å². The molecule has 6 heteroatoms. The average molecular weight is 202 g/mol. The fraction of sp³-hybridized carbons (Fsp3) is 0.571. The van der Waals surface area contributed by atoms with Gasteiger partial charge in [-0.25, -0.2) is 0 Å². The van der Waals surface area contributed by atoms with Crippen LogP contribution in [-0.4, -0.2) is 29.5 Å². The molecule has 0 aliphatic heterocycles. The predicted molar refractivity (Wildman–Crippen MR) is 48.5 cm³/mol. The molecule has 0 aromatic carbocycles. The molecule has 13 heavy (non-hydrogen) atoms. The Bertz CT molecular complexity index is 240. The van der Waals surface area contributed by atoms with Crippen molar-refractivity contribution >= 4 is 26.7 Å². The van der Waals surface area contributed by atoms with Crippen LogP contribution in [0.3, 0.4) is 0 Å². The SMILES string of the molecule is NC(=O)C(=O)C(NC=O)PC1CC1. The summed E-state index contributed by atoms with van der Waals surface area (Å²) in [7, 11) is 0.278. The van der Waals surface area contributed by atoms with E-state index < -0.39 is 17.5 Å². The van der Waals surface area contributed by atoms with E-state index in [0.29, 0.717) is 12.1 Å². The van der Waals surface area contributed by atoms with E-state index in [9.17, 15) is 14.4 Å².